The summed E-state index contributed by atoms with van der Waals surface area (Å²) in [6, 6.07) is -0.329. The third kappa shape index (κ3) is 0.714. The van der Waals surface area contributed by atoms with Gasteiger partial charge >= 0.3 is 0 Å². The number of nitrogens with one attached hydrogen (secondary N) is 1. The Bertz CT molecular complexity index is 87.4. The fourth-order valence-corrected chi connectivity index (χ4v) is 0.740. The van der Waals surface area contributed by atoms with E-state index in [4.69, 9.17) is 15.4 Å². The van der Waals surface area contributed by atoms with Gasteiger partial charge in [0.05, 0.1) is 18.2 Å². The molecule has 4 N–H and O–H groups in total. The summed E-state index contributed by atoms with van der Waals surface area (Å²) in [5.74, 6) is 0. The zero-order valence-corrected chi connectivity index (χ0v) is 4.28. The van der Waals surface area contributed by atoms with Gasteiger partial charge in [0, 0.05) is 0 Å². The minimum atomic E-state index is -0.792. The van der Waals surface area contributed by atoms with E-state index in [9.17, 15) is 0 Å². The van der Waals surface area contributed by atoms with E-state index in [1.807, 2.05) is 5.48 Å². The van der Waals surface area contributed by atoms with E-state index >= 15 is 0 Å². The Kier molecular flexibility index (Phi) is 1.48. The minimum absolute atomic E-state index is 0.329. The highest BCUT2D eigenvalue weighted by atomic mass is 16.5. The Hall–Kier alpha value is -0.160. The van der Waals surface area contributed by atoms with Crippen LogP contribution in [0.5, 0.6) is 0 Å². The summed E-state index contributed by atoms with van der Waals surface area (Å²) in [6.07, 6.45) is -1.02. The van der Waals surface area contributed by atoms with Crippen LogP contribution in [0.2, 0.25) is 0 Å². The molecule has 4 heteroatoms. The van der Waals surface area contributed by atoms with Crippen LogP contribution >= 0.6 is 0 Å². The summed E-state index contributed by atoms with van der Waals surface area (Å²) in [4.78, 5) is 0. The molecule has 4 nitrogen and oxygen atoms in total. The summed E-state index contributed by atoms with van der Waals surface area (Å²) in [5, 5.41) is 25.5. The van der Waals surface area contributed by atoms with Crippen molar-refractivity contribution in [2.75, 3.05) is 0 Å². The van der Waals surface area contributed by atoms with Crippen molar-refractivity contribution in [1.82, 2.24) is 5.48 Å². The van der Waals surface area contributed by atoms with Crippen molar-refractivity contribution in [2.45, 2.75) is 24.7 Å². The molecule has 0 heterocycles. The predicted octanol–water partition coefficient (Wildman–Crippen LogP) is -1.54. The normalized spacial score (nSPS) is 46.1. The van der Waals surface area contributed by atoms with E-state index in [2.05, 4.69) is 0 Å². The van der Waals surface area contributed by atoms with E-state index in [0.717, 1.165) is 0 Å². The average Bonchev–Trinajstić information content (AvgIpc) is 1.81. The second-order valence-corrected chi connectivity index (χ2v) is 2.03. The Morgan fingerprint density at radius 3 is 2.12 bits per heavy atom. The average molecular weight is 119 g/mol. The van der Waals surface area contributed by atoms with Crippen molar-refractivity contribution in [2.24, 2.45) is 0 Å². The maximum Gasteiger partial charge on any atom is 0.0975 e. The summed E-state index contributed by atoms with van der Waals surface area (Å²) in [7, 11) is 0. The number of aliphatic hydroxyl groups excluding tert-OH is 2. The summed E-state index contributed by atoms with van der Waals surface area (Å²) in [5.41, 5.74) is 1.87. The molecule has 0 aliphatic heterocycles. The van der Waals surface area contributed by atoms with E-state index in [1.165, 1.54) is 0 Å². The van der Waals surface area contributed by atoms with Crippen LogP contribution in [-0.4, -0.2) is 33.7 Å². The number of rotatable bonds is 1. The van der Waals surface area contributed by atoms with Gasteiger partial charge in [-0.1, -0.05) is 0 Å². The molecule has 1 rings (SSSR count). The van der Waals surface area contributed by atoms with E-state index in [0.29, 0.717) is 6.42 Å². The summed E-state index contributed by atoms with van der Waals surface area (Å²) < 4.78 is 0. The van der Waals surface area contributed by atoms with E-state index in [1.54, 1.807) is 0 Å². The second-order valence-electron chi connectivity index (χ2n) is 2.03. The second kappa shape index (κ2) is 1.99. The zero-order valence-electron chi connectivity index (χ0n) is 4.28. The molecule has 0 spiro atoms. The van der Waals surface area contributed by atoms with Gasteiger partial charge in [0.25, 0.3) is 0 Å². The third-order valence-electron chi connectivity index (χ3n) is 1.47. The van der Waals surface area contributed by atoms with Gasteiger partial charge in [-0.15, -0.1) is 0 Å². The van der Waals surface area contributed by atoms with E-state index < -0.39 is 12.2 Å². The molecule has 1 saturated carbocycles. The Labute approximate surface area is 46.7 Å². The molecule has 0 aromatic heterocycles. The van der Waals surface area contributed by atoms with Gasteiger partial charge in [0.1, 0.15) is 0 Å². The summed E-state index contributed by atoms with van der Waals surface area (Å²) in [6.45, 7) is 0. The molecule has 0 saturated heterocycles. The largest absolute Gasteiger partial charge is 0.390 e. The number of aliphatic hydroxyl groups is 2. The van der Waals surface area contributed by atoms with E-state index in [-0.39, 0.29) is 6.04 Å². The van der Waals surface area contributed by atoms with Crippen LogP contribution < -0.4 is 5.48 Å². The molecule has 0 amide bonds. The Morgan fingerprint density at radius 2 is 2.00 bits per heavy atom. The molecule has 8 heavy (non-hydrogen) atoms. The molecular weight excluding hydrogens is 110 g/mol. The standard InChI is InChI=1S/C4H9NO3/c6-3-1-2(5-8)4(3)7/h2-8H,1H2. The van der Waals surface area contributed by atoms with Crippen LogP contribution in [-0.2, 0) is 0 Å². The molecular formula is C4H9NO3. The van der Waals surface area contributed by atoms with Crippen molar-refractivity contribution in [3.05, 3.63) is 0 Å². The van der Waals surface area contributed by atoms with Crippen LogP contribution in [0.3, 0.4) is 0 Å². The molecule has 1 aliphatic rings. The van der Waals surface area contributed by atoms with Gasteiger partial charge in [-0.25, -0.2) is 0 Å². The Balaban J connectivity index is 2.25. The lowest BCUT2D eigenvalue weighted by atomic mass is 9.86. The molecule has 1 aliphatic carbocycles. The maximum atomic E-state index is 8.70. The molecule has 0 aromatic carbocycles. The van der Waals surface area contributed by atoms with Crippen LogP contribution in [0.1, 0.15) is 6.42 Å². The van der Waals surface area contributed by atoms with Gasteiger partial charge in [-0.05, 0) is 6.42 Å². The van der Waals surface area contributed by atoms with Crippen molar-refractivity contribution in [3.63, 3.8) is 0 Å². The fourth-order valence-electron chi connectivity index (χ4n) is 0.740. The number of hydroxylamine groups is 1. The fraction of sp³-hybridized carbons (Fsp3) is 1.00. The first-order valence-corrected chi connectivity index (χ1v) is 2.51. The van der Waals surface area contributed by atoms with Gasteiger partial charge in [-0.3, -0.25) is 0 Å². The van der Waals surface area contributed by atoms with Gasteiger partial charge in [0.2, 0.25) is 0 Å². The number of hydrogen-bond acceptors (Lipinski definition) is 4. The highest BCUT2D eigenvalue weighted by Gasteiger charge is 2.37. The molecule has 0 aromatic rings. The van der Waals surface area contributed by atoms with Crippen LogP contribution in [0.15, 0.2) is 0 Å². The van der Waals surface area contributed by atoms with Gasteiger partial charge in [-0.2, -0.15) is 5.48 Å². The van der Waals surface area contributed by atoms with Crippen LogP contribution in [0.4, 0.5) is 0 Å². The zero-order chi connectivity index (χ0) is 6.15. The smallest absolute Gasteiger partial charge is 0.0975 e. The predicted molar refractivity (Wildman–Crippen MR) is 25.3 cm³/mol. The monoisotopic (exact) mass is 119 g/mol. The number of hydrogen-bond donors (Lipinski definition) is 4. The Morgan fingerprint density at radius 1 is 1.38 bits per heavy atom. The highest BCUT2D eigenvalue weighted by Crippen LogP contribution is 2.19. The quantitative estimate of drug-likeness (QED) is 0.316. The maximum absolute atomic E-state index is 8.70. The minimum Gasteiger partial charge on any atom is -0.390 e. The molecule has 0 bridgehead atoms. The molecule has 48 valence electrons. The van der Waals surface area contributed by atoms with Gasteiger partial charge in [0.15, 0.2) is 0 Å². The molecule has 3 unspecified atom stereocenters. The van der Waals surface area contributed by atoms with Crippen molar-refractivity contribution in [3.8, 4) is 0 Å². The first kappa shape index (κ1) is 5.97. The SMILES string of the molecule is ONC1CC(O)C1O. The first-order chi connectivity index (χ1) is 3.75. The van der Waals surface area contributed by atoms with Crippen molar-refractivity contribution >= 4 is 0 Å². The van der Waals surface area contributed by atoms with Gasteiger partial charge < -0.3 is 15.4 Å². The molecule has 1 fully saturated rings. The van der Waals surface area contributed by atoms with Crippen molar-refractivity contribution in [1.29, 1.82) is 0 Å². The molecule has 0 radical (unpaired) electrons. The lowest BCUT2D eigenvalue weighted by Crippen LogP contribution is -2.56. The lowest BCUT2D eigenvalue weighted by molar-refractivity contribution is -0.112. The topological polar surface area (TPSA) is 72.7 Å². The third-order valence-corrected chi connectivity index (χ3v) is 1.47. The highest BCUT2D eigenvalue weighted by molar-refractivity contribution is 4.92. The lowest BCUT2D eigenvalue weighted by Gasteiger charge is -2.36. The summed E-state index contributed by atoms with van der Waals surface area (Å²) >= 11 is 0. The van der Waals surface area contributed by atoms with Crippen molar-refractivity contribution < 1.29 is 15.4 Å². The van der Waals surface area contributed by atoms with Crippen LogP contribution in [0, 0.1) is 0 Å². The first-order valence-electron chi connectivity index (χ1n) is 2.51. The molecule has 3 atom stereocenters. The van der Waals surface area contributed by atoms with Crippen LogP contribution in [0.25, 0.3) is 0 Å².